The van der Waals surface area contributed by atoms with Crippen LogP contribution in [0.5, 0.6) is 0 Å². The van der Waals surface area contributed by atoms with E-state index in [9.17, 15) is 9.59 Å². The van der Waals surface area contributed by atoms with Crippen molar-refractivity contribution in [1.82, 2.24) is 9.80 Å². The van der Waals surface area contributed by atoms with Crippen molar-refractivity contribution in [1.29, 1.82) is 0 Å². The zero-order chi connectivity index (χ0) is 20.9. The lowest BCUT2D eigenvalue weighted by Crippen LogP contribution is -2.55. The third kappa shape index (κ3) is 6.63. The van der Waals surface area contributed by atoms with Crippen molar-refractivity contribution in [2.75, 3.05) is 32.8 Å². The zero-order valence-corrected chi connectivity index (χ0v) is 17.6. The van der Waals surface area contributed by atoms with E-state index in [1.165, 1.54) is 0 Å². The van der Waals surface area contributed by atoms with Gasteiger partial charge in [-0.05, 0) is 45.1 Å². The summed E-state index contributed by atoms with van der Waals surface area (Å²) in [6.45, 7) is 9.14. The highest BCUT2D eigenvalue weighted by Gasteiger charge is 2.34. The summed E-state index contributed by atoms with van der Waals surface area (Å²) >= 11 is 0. The van der Waals surface area contributed by atoms with E-state index in [-0.39, 0.29) is 24.9 Å². The molecule has 0 saturated carbocycles. The summed E-state index contributed by atoms with van der Waals surface area (Å²) in [6, 6.07) is 9.65. The predicted molar refractivity (Wildman–Crippen MR) is 108 cm³/mol. The number of amides is 2. The zero-order valence-electron chi connectivity index (χ0n) is 17.6. The first-order chi connectivity index (χ1) is 13.8. The quantitative estimate of drug-likeness (QED) is 0.749. The van der Waals surface area contributed by atoms with Crippen molar-refractivity contribution < 1.29 is 23.8 Å². The molecule has 7 nitrogen and oxygen atoms in total. The average molecular weight is 405 g/mol. The molecule has 0 spiro atoms. The van der Waals surface area contributed by atoms with Crippen molar-refractivity contribution in [2.24, 2.45) is 5.92 Å². The Kier molecular flexibility index (Phi) is 7.00. The Balaban J connectivity index is 1.27. The van der Waals surface area contributed by atoms with Crippen LogP contribution in [0.1, 0.15) is 39.2 Å². The van der Waals surface area contributed by atoms with Crippen LogP contribution in [0.25, 0.3) is 0 Å². The van der Waals surface area contributed by atoms with Crippen molar-refractivity contribution in [3.8, 4) is 0 Å². The van der Waals surface area contributed by atoms with Crippen molar-refractivity contribution in [3.05, 3.63) is 35.9 Å². The number of nitrogens with zero attached hydrogens (tertiary/aromatic N) is 2. The summed E-state index contributed by atoms with van der Waals surface area (Å²) in [7, 11) is 0. The number of piperidine rings is 1. The summed E-state index contributed by atoms with van der Waals surface area (Å²) in [6.07, 6.45) is 1.37. The van der Waals surface area contributed by atoms with Gasteiger partial charge in [-0.15, -0.1) is 0 Å². The molecule has 2 aliphatic heterocycles. The highest BCUT2D eigenvalue weighted by molar-refractivity contribution is 5.69. The molecule has 160 valence electrons. The molecule has 2 aliphatic rings. The molecule has 2 amide bonds. The maximum atomic E-state index is 12.1. The van der Waals surface area contributed by atoms with E-state index in [1.54, 1.807) is 9.80 Å². The van der Waals surface area contributed by atoms with Gasteiger partial charge in [-0.2, -0.15) is 0 Å². The maximum Gasteiger partial charge on any atom is 0.410 e. The molecule has 2 fully saturated rings. The number of carbonyl (C=O) groups excluding carboxylic acids is 2. The fourth-order valence-corrected chi connectivity index (χ4v) is 3.38. The summed E-state index contributed by atoms with van der Waals surface area (Å²) < 4.78 is 16.7. The number of hydrogen-bond acceptors (Lipinski definition) is 5. The molecule has 1 aromatic carbocycles. The Hall–Kier alpha value is -2.28. The fourth-order valence-electron chi connectivity index (χ4n) is 3.38. The predicted octanol–water partition coefficient (Wildman–Crippen LogP) is 3.67. The molecule has 0 N–H and O–H groups in total. The van der Waals surface area contributed by atoms with E-state index in [0.717, 1.165) is 18.4 Å². The van der Waals surface area contributed by atoms with Crippen LogP contribution in [-0.4, -0.2) is 66.5 Å². The van der Waals surface area contributed by atoms with E-state index < -0.39 is 5.60 Å². The minimum Gasteiger partial charge on any atom is -0.445 e. The smallest absolute Gasteiger partial charge is 0.410 e. The van der Waals surface area contributed by atoms with E-state index in [0.29, 0.717) is 38.7 Å². The summed E-state index contributed by atoms with van der Waals surface area (Å²) in [5.41, 5.74) is 0.516. The van der Waals surface area contributed by atoms with Crippen LogP contribution >= 0.6 is 0 Å². The minimum absolute atomic E-state index is 0.0724. The highest BCUT2D eigenvalue weighted by atomic mass is 16.6. The number of hydrogen-bond donors (Lipinski definition) is 0. The van der Waals surface area contributed by atoms with E-state index in [4.69, 9.17) is 14.2 Å². The first kappa shape index (κ1) is 21.4. The molecule has 0 aromatic heterocycles. The summed E-state index contributed by atoms with van der Waals surface area (Å²) in [5, 5.41) is 0. The number of likely N-dealkylation sites (tertiary alicyclic amines) is 2. The Morgan fingerprint density at radius 3 is 2.28 bits per heavy atom. The number of carbonyl (C=O) groups is 2. The summed E-state index contributed by atoms with van der Waals surface area (Å²) in [5.74, 6) is 0.438. The minimum atomic E-state index is -0.463. The molecular weight excluding hydrogens is 372 g/mol. The van der Waals surface area contributed by atoms with Gasteiger partial charge in [-0.25, -0.2) is 9.59 Å². The van der Waals surface area contributed by atoms with Crippen LogP contribution in [0, 0.1) is 5.92 Å². The second-order valence-corrected chi connectivity index (χ2v) is 8.81. The van der Waals surface area contributed by atoms with Crippen LogP contribution in [0.4, 0.5) is 9.59 Å². The van der Waals surface area contributed by atoms with Crippen molar-refractivity contribution in [2.45, 2.75) is 51.9 Å². The maximum absolute atomic E-state index is 12.1. The molecule has 0 bridgehead atoms. The van der Waals surface area contributed by atoms with Crippen LogP contribution in [-0.2, 0) is 20.8 Å². The average Bonchev–Trinajstić information content (AvgIpc) is 2.65. The molecule has 3 rings (SSSR count). The normalized spacial score (nSPS) is 18.3. The van der Waals surface area contributed by atoms with E-state index in [2.05, 4.69) is 0 Å². The Morgan fingerprint density at radius 1 is 1.00 bits per heavy atom. The highest BCUT2D eigenvalue weighted by Crippen LogP contribution is 2.22. The standard InChI is InChI=1S/C22H32N2O5/c1-22(2,3)29-21(26)23-11-9-18(10-12-23)15-27-19-13-24(14-19)20(25)28-16-17-7-5-4-6-8-17/h4-8,18-19H,9-16H2,1-3H3. The first-order valence-corrected chi connectivity index (χ1v) is 10.4. The van der Waals surface area contributed by atoms with Gasteiger partial charge in [-0.3, -0.25) is 0 Å². The van der Waals surface area contributed by atoms with Gasteiger partial charge in [0, 0.05) is 13.1 Å². The molecule has 2 heterocycles. The van der Waals surface area contributed by atoms with Gasteiger partial charge in [0.2, 0.25) is 0 Å². The fraction of sp³-hybridized carbons (Fsp3) is 0.636. The lowest BCUT2D eigenvalue weighted by Gasteiger charge is -2.39. The molecule has 1 aromatic rings. The molecule has 0 radical (unpaired) electrons. The van der Waals surface area contributed by atoms with Gasteiger partial charge in [0.1, 0.15) is 12.2 Å². The molecule has 29 heavy (non-hydrogen) atoms. The number of rotatable bonds is 5. The van der Waals surface area contributed by atoms with Crippen LogP contribution < -0.4 is 0 Å². The van der Waals surface area contributed by atoms with E-state index in [1.807, 2.05) is 51.1 Å². The van der Waals surface area contributed by atoms with Crippen LogP contribution in [0.15, 0.2) is 30.3 Å². The van der Waals surface area contributed by atoms with Gasteiger partial charge < -0.3 is 24.0 Å². The SMILES string of the molecule is CC(C)(C)OC(=O)N1CCC(COC2CN(C(=O)OCc3ccccc3)C2)CC1. The lowest BCUT2D eigenvalue weighted by atomic mass is 9.98. The third-order valence-corrected chi connectivity index (χ3v) is 5.15. The van der Waals surface area contributed by atoms with Crippen LogP contribution in [0.3, 0.4) is 0 Å². The molecule has 0 atom stereocenters. The number of benzene rings is 1. The van der Waals surface area contributed by atoms with Crippen molar-refractivity contribution >= 4 is 12.2 Å². The van der Waals surface area contributed by atoms with E-state index >= 15 is 0 Å². The monoisotopic (exact) mass is 404 g/mol. The first-order valence-electron chi connectivity index (χ1n) is 10.4. The second-order valence-electron chi connectivity index (χ2n) is 8.81. The van der Waals surface area contributed by atoms with Gasteiger partial charge >= 0.3 is 12.2 Å². The molecular formula is C22H32N2O5. The van der Waals surface area contributed by atoms with Gasteiger partial charge in [0.25, 0.3) is 0 Å². The van der Waals surface area contributed by atoms with Crippen molar-refractivity contribution in [3.63, 3.8) is 0 Å². The largest absolute Gasteiger partial charge is 0.445 e. The number of ether oxygens (including phenoxy) is 3. The van der Waals surface area contributed by atoms with Gasteiger partial charge in [-0.1, -0.05) is 30.3 Å². The Labute approximate surface area is 172 Å². The Bertz CT molecular complexity index is 674. The molecule has 7 heteroatoms. The third-order valence-electron chi connectivity index (χ3n) is 5.15. The van der Waals surface area contributed by atoms with Crippen LogP contribution in [0.2, 0.25) is 0 Å². The lowest BCUT2D eigenvalue weighted by molar-refractivity contribution is -0.0667. The van der Waals surface area contributed by atoms with Gasteiger partial charge in [0.15, 0.2) is 0 Å². The topological polar surface area (TPSA) is 68.3 Å². The Morgan fingerprint density at radius 2 is 1.66 bits per heavy atom. The van der Waals surface area contributed by atoms with Gasteiger partial charge in [0.05, 0.1) is 25.8 Å². The second kappa shape index (κ2) is 9.48. The molecule has 0 aliphatic carbocycles. The molecule has 0 unspecified atom stereocenters. The molecule has 2 saturated heterocycles. The summed E-state index contributed by atoms with van der Waals surface area (Å²) in [4.78, 5) is 27.6.